The van der Waals surface area contributed by atoms with Crippen molar-refractivity contribution in [3.05, 3.63) is 24.0 Å². The van der Waals surface area contributed by atoms with Crippen molar-refractivity contribution in [3.8, 4) is 0 Å². The lowest BCUT2D eigenvalue weighted by molar-refractivity contribution is -0.116. The molecule has 2 rings (SSSR count). The van der Waals surface area contributed by atoms with Gasteiger partial charge in [-0.05, 0) is 57.3 Å². The predicted molar refractivity (Wildman–Crippen MR) is 72.4 cm³/mol. The van der Waals surface area contributed by atoms with Crippen LogP contribution < -0.4 is 10.6 Å². The van der Waals surface area contributed by atoms with Crippen LogP contribution in [0, 0.1) is 12.8 Å². The number of hydrogen-bond acceptors (Lipinski definition) is 3. The number of carbonyl (C=O) groups is 1. The zero-order valence-electron chi connectivity index (χ0n) is 10.9. The average molecular weight is 247 g/mol. The third-order valence-electron chi connectivity index (χ3n) is 3.42. The lowest BCUT2D eigenvalue weighted by Gasteiger charge is -2.22. The van der Waals surface area contributed by atoms with Crippen molar-refractivity contribution in [2.75, 3.05) is 18.4 Å². The van der Waals surface area contributed by atoms with Crippen LogP contribution in [-0.4, -0.2) is 24.0 Å². The van der Waals surface area contributed by atoms with Gasteiger partial charge in [-0.2, -0.15) is 0 Å². The van der Waals surface area contributed by atoms with Crippen LogP contribution >= 0.6 is 0 Å². The number of rotatable bonds is 4. The lowest BCUT2D eigenvalue weighted by atomic mass is 9.93. The maximum Gasteiger partial charge on any atom is 0.224 e. The number of nitrogens with one attached hydrogen (secondary N) is 2. The van der Waals surface area contributed by atoms with Gasteiger partial charge in [0.05, 0.1) is 0 Å². The zero-order valence-corrected chi connectivity index (χ0v) is 10.9. The van der Waals surface area contributed by atoms with E-state index in [1.54, 1.807) is 6.20 Å². The van der Waals surface area contributed by atoms with E-state index in [4.69, 9.17) is 0 Å². The molecule has 0 spiro atoms. The molecule has 2 heterocycles. The predicted octanol–water partition coefficient (Wildman–Crippen LogP) is 2.11. The van der Waals surface area contributed by atoms with Crippen LogP contribution in [0.1, 0.15) is 31.4 Å². The van der Waals surface area contributed by atoms with E-state index in [-0.39, 0.29) is 5.91 Å². The number of amides is 1. The highest BCUT2D eigenvalue weighted by atomic mass is 16.1. The van der Waals surface area contributed by atoms with E-state index in [0.29, 0.717) is 12.3 Å². The first-order valence-electron chi connectivity index (χ1n) is 6.67. The van der Waals surface area contributed by atoms with Gasteiger partial charge in [0.25, 0.3) is 0 Å². The molecule has 0 unspecified atom stereocenters. The molecule has 0 aromatic carbocycles. The first-order valence-corrected chi connectivity index (χ1v) is 6.67. The van der Waals surface area contributed by atoms with Gasteiger partial charge in [-0.25, -0.2) is 0 Å². The first kappa shape index (κ1) is 13.0. The quantitative estimate of drug-likeness (QED) is 0.856. The summed E-state index contributed by atoms with van der Waals surface area (Å²) in [6.07, 6.45) is 5.73. The molecule has 18 heavy (non-hydrogen) atoms. The van der Waals surface area contributed by atoms with E-state index < -0.39 is 0 Å². The summed E-state index contributed by atoms with van der Waals surface area (Å²) < 4.78 is 0. The van der Waals surface area contributed by atoms with E-state index in [1.165, 1.54) is 12.8 Å². The molecule has 1 aromatic rings. The molecule has 2 N–H and O–H groups in total. The van der Waals surface area contributed by atoms with Gasteiger partial charge in [0, 0.05) is 24.0 Å². The van der Waals surface area contributed by atoms with Crippen molar-refractivity contribution in [1.82, 2.24) is 10.3 Å². The third kappa shape index (κ3) is 4.11. The van der Waals surface area contributed by atoms with Crippen LogP contribution in [0.2, 0.25) is 0 Å². The Balaban J connectivity index is 1.74. The monoisotopic (exact) mass is 247 g/mol. The molecule has 0 atom stereocenters. The van der Waals surface area contributed by atoms with E-state index in [1.807, 2.05) is 19.1 Å². The number of aromatic nitrogens is 1. The number of aryl methyl sites for hydroxylation is 1. The number of pyridine rings is 1. The topological polar surface area (TPSA) is 54.0 Å². The molecular weight excluding hydrogens is 226 g/mol. The average Bonchev–Trinajstić information content (AvgIpc) is 2.38. The van der Waals surface area contributed by atoms with Crippen molar-refractivity contribution in [1.29, 1.82) is 0 Å². The van der Waals surface area contributed by atoms with Crippen LogP contribution in [-0.2, 0) is 4.79 Å². The minimum absolute atomic E-state index is 0.110. The number of carbonyl (C=O) groups excluding carboxylic acids is 1. The Kier molecular flexibility index (Phi) is 4.70. The summed E-state index contributed by atoms with van der Waals surface area (Å²) in [5.41, 5.74) is 1.77. The van der Waals surface area contributed by atoms with Crippen LogP contribution in [0.15, 0.2) is 18.3 Å². The van der Waals surface area contributed by atoms with Crippen molar-refractivity contribution in [2.24, 2.45) is 5.92 Å². The summed E-state index contributed by atoms with van der Waals surface area (Å²) >= 11 is 0. The van der Waals surface area contributed by atoms with Gasteiger partial charge >= 0.3 is 0 Å². The number of hydrogen-bond donors (Lipinski definition) is 2. The Hall–Kier alpha value is -1.42. The second-order valence-electron chi connectivity index (χ2n) is 4.97. The third-order valence-corrected chi connectivity index (χ3v) is 3.42. The van der Waals surface area contributed by atoms with Crippen molar-refractivity contribution in [3.63, 3.8) is 0 Å². The second kappa shape index (κ2) is 6.50. The Morgan fingerprint density at radius 3 is 3.00 bits per heavy atom. The molecule has 1 aliphatic rings. The van der Waals surface area contributed by atoms with E-state index >= 15 is 0 Å². The van der Waals surface area contributed by atoms with Gasteiger partial charge in [-0.3, -0.25) is 9.78 Å². The smallest absolute Gasteiger partial charge is 0.224 e. The van der Waals surface area contributed by atoms with Crippen molar-refractivity contribution >= 4 is 11.6 Å². The molecule has 98 valence electrons. The van der Waals surface area contributed by atoms with Crippen LogP contribution in [0.5, 0.6) is 0 Å². The van der Waals surface area contributed by atoms with E-state index in [2.05, 4.69) is 15.6 Å². The fraction of sp³-hybridized carbons (Fsp3) is 0.571. The second-order valence-corrected chi connectivity index (χ2v) is 4.97. The van der Waals surface area contributed by atoms with Crippen molar-refractivity contribution < 1.29 is 4.79 Å². The van der Waals surface area contributed by atoms with Gasteiger partial charge in [0.15, 0.2) is 0 Å². The van der Waals surface area contributed by atoms with Gasteiger partial charge < -0.3 is 10.6 Å². The zero-order chi connectivity index (χ0) is 12.8. The highest BCUT2D eigenvalue weighted by Crippen LogP contribution is 2.18. The molecule has 0 saturated carbocycles. The number of piperidine rings is 1. The fourth-order valence-electron chi connectivity index (χ4n) is 2.35. The summed E-state index contributed by atoms with van der Waals surface area (Å²) in [6, 6.07) is 3.72. The Morgan fingerprint density at radius 1 is 1.50 bits per heavy atom. The Morgan fingerprint density at radius 2 is 2.28 bits per heavy atom. The maximum absolute atomic E-state index is 11.8. The van der Waals surface area contributed by atoms with Gasteiger partial charge in [0.2, 0.25) is 5.91 Å². The molecular formula is C14H21N3O. The Labute approximate surface area is 108 Å². The molecule has 0 radical (unpaired) electrons. The van der Waals surface area contributed by atoms with Crippen molar-refractivity contribution in [2.45, 2.75) is 32.6 Å². The first-order chi connectivity index (χ1) is 8.74. The van der Waals surface area contributed by atoms with Crippen LogP contribution in [0.4, 0.5) is 5.69 Å². The largest absolute Gasteiger partial charge is 0.326 e. The molecule has 1 saturated heterocycles. The minimum Gasteiger partial charge on any atom is -0.326 e. The SMILES string of the molecule is Cc1cc(NC(=O)CCC2CCNCC2)ccn1. The number of nitrogens with zero attached hydrogens (tertiary/aromatic N) is 1. The lowest BCUT2D eigenvalue weighted by Crippen LogP contribution is -2.28. The standard InChI is InChI=1S/C14H21N3O/c1-11-10-13(6-9-16-11)17-14(18)3-2-12-4-7-15-8-5-12/h6,9-10,12,15H,2-5,7-8H2,1H3,(H,16,17,18). The van der Waals surface area contributed by atoms with E-state index in [0.717, 1.165) is 30.9 Å². The fourth-order valence-corrected chi connectivity index (χ4v) is 2.35. The summed E-state index contributed by atoms with van der Waals surface area (Å²) in [6.45, 7) is 4.11. The molecule has 0 bridgehead atoms. The summed E-state index contributed by atoms with van der Waals surface area (Å²) in [5.74, 6) is 0.815. The molecule has 1 aromatic heterocycles. The van der Waals surface area contributed by atoms with Gasteiger partial charge in [-0.1, -0.05) is 0 Å². The molecule has 4 nitrogen and oxygen atoms in total. The van der Waals surface area contributed by atoms with E-state index in [9.17, 15) is 4.79 Å². The summed E-state index contributed by atoms with van der Waals surface area (Å²) in [4.78, 5) is 15.9. The highest BCUT2D eigenvalue weighted by molar-refractivity contribution is 5.90. The summed E-state index contributed by atoms with van der Waals surface area (Å²) in [5, 5.41) is 6.27. The minimum atomic E-state index is 0.110. The number of anilines is 1. The molecule has 1 fully saturated rings. The molecule has 4 heteroatoms. The van der Waals surface area contributed by atoms with Gasteiger partial charge in [0.1, 0.15) is 0 Å². The molecule has 1 aliphatic heterocycles. The summed E-state index contributed by atoms with van der Waals surface area (Å²) in [7, 11) is 0. The maximum atomic E-state index is 11.8. The van der Waals surface area contributed by atoms with Crippen LogP contribution in [0.25, 0.3) is 0 Å². The molecule has 1 amide bonds. The Bertz CT molecular complexity index is 400. The van der Waals surface area contributed by atoms with Crippen LogP contribution in [0.3, 0.4) is 0 Å². The highest BCUT2D eigenvalue weighted by Gasteiger charge is 2.14. The normalized spacial score (nSPS) is 16.5. The van der Waals surface area contributed by atoms with Gasteiger partial charge in [-0.15, -0.1) is 0 Å². The molecule has 0 aliphatic carbocycles.